The molecule has 3 rings (SSSR count). The van der Waals surface area contributed by atoms with Crippen LogP contribution in [0.2, 0.25) is 4.34 Å². The average molecular weight is 452 g/mol. The minimum absolute atomic E-state index is 0. The molecule has 10 heteroatoms. The molecule has 1 amide bonds. The van der Waals surface area contributed by atoms with Crippen molar-refractivity contribution >= 4 is 67.9 Å². The van der Waals surface area contributed by atoms with Crippen molar-refractivity contribution in [2.45, 2.75) is 6.42 Å². The summed E-state index contributed by atoms with van der Waals surface area (Å²) in [5.41, 5.74) is 0.0704. The van der Waals surface area contributed by atoms with Crippen molar-refractivity contribution in [1.29, 1.82) is 0 Å². The molecule has 0 saturated heterocycles. The van der Waals surface area contributed by atoms with E-state index >= 15 is 0 Å². The maximum absolute atomic E-state index is 14.0. The summed E-state index contributed by atoms with van der Waals surface area (Å²) in [7, 11) is 3.89. The first-order valence-electron chi connectivity index (χ1n) is 7.82. The molecule has 2 heterocycles. The summed E-state index contributed by atoms with van der Waals surface area (Å²) >= 11 is 8.21. The quantitative estimate of drug-likeness (QED) is 0.509. The summed E-state index contributed by atoms with van der Waals surface area (Å²) in [4.78, 5) is 21.2. The number of hydrogen-bond acceptors (Lipinski definition) is 5. The molecular weight excluding hydrogens is 435 g/mol. The predicted octanol–water partition coefficient (Wildman–Crippen LogP) is 5.31. The van der Waals surface area contributed by atoms with Crippen LogP contribution in [0.5, 0.6) is 0 Å². The van der Waals surface area contributed by atoms with Gasteiger partial charge in [0.2, 0.25) is 0 Å². The predicted molar refractivity (Wildman–Crippen MR) is 111 cm³/mol. The summed E-state index contributed by atoms with van der Waals surface area (Å²) in [5.74, 6) is -1.65. The van der Waals surface area contributed by atoms with Gasteiger partial charge in [-0.3, -0.25) is 9.69 Å². The van der Waals surface area contributed by atoms with Gasteiger partial charge >= 0.3 is 0 Å². The van der Waals surface area contributed by atoms with E-state index < -0.39 is 11.6 Å². The second-order valence-corrected chi connectivity index (χ2v) is 8.67. The first-order chi connectivity index (χ1) is 12.3. The number of rotatable bonds is 6. The third-order valence-corrected chi connectivity index (χ3v) is 5.89. The lowest BCUT2D eigenvalue weighted by molar-refractivity contribution is 0.0990. The van der Waals surface area contributed by atoms with Gasteiger partial charge in [-0.15, -0.1) is 23.7 Å². The number of hydrogen-bond donors (Lipinski definition) is 0. The highest BCUT2D eigenvalue weighted by Gasteiger charge is 2.23. The van der Waals surface area contributed by atoms with Crippen molar-refractivity contribution in [1.82, 2.24) is 9.88 Å². The lowest BCUT2D eigenvalue weighted by Gasteiger charge is -2.20. The van der Waals surface area contributed by atoms with E-state index in [1.165, 1.54) is 22.3 Å². The van der Waals surface area contributed by atoms with Crippen molar-refractivity contribution in [3.8, 4) is 0 Å². The van der Waals surface area contributed by atoms with Gasteiger partial charge in [0.15, 0.2) is 10.9 Å². The highest BCUT2D eigenvalue weighted by Crippen LogP contribution is 2.33. The summed E-state index contributed by atoms with van der Waals surface area (Å²) < 4.78 is 28.3. The molecule has 0 unspecified atom stereocenters. The fraction of sp³-hybridized carbons (Fsp3) is 0.294. The topological polar surface area (TPSA) is 36.4 Å². The summed E-state index contributed by atoms with van der Waals surface area (Å²) in [6.07, 6.45) is 0.713. The highest BCUT2D eigenvalue weighted by atomic mass is 35.5. The molecular formula is C17H17Cl2F2N3OS2. The van der Waals surface area contributed by atoms with E-state index in [9.17, 15) is 13.6 Å². The standard InChI is InChI=1S/C17H16ClF2N3OS2.ClH/c1-22(2)6-3-7-23(16(24)12-4-5-14(18)25-12)17-21-15-11(20)8-10(19)9-13(15)26-17;/h4-5,8-9H,3,6-7H2,1-2H3;1H. The van der Waals surface area contributed by atoms with E-state index in [0.29, 0.717) is 32.0 Å². The second kappa shape index (κ2) is 9.25. The Morgan fingerprint density at radius 2 is 1.93 bits per heavy atom. The second-order valence-electron chi connectivity index (χ2n) is 5.95. The van der Waals surface area contributed by atoms with Crippen LogP contribution < -0.4 is 4.90 Å². The Bertz CT molecular complexity index is 946. The van der Waals surface area contributed by atoms with Gasteiger partial charge in [-0.2, -0.15) is 0 Å². The van der Waals surface area contributed by atoms with E-state index in [2.05, 4.69) is 4.98 Å². The number of halogens is 4. The molecule has 2 aromatic heterocycles. The Morgan fingerprint density at radius 1 is 1.19 bits per heavy atom. The van der Waals surface area contributed by atoms with Crippen LogP contribution in [0.3, 0.4) is 0 Å². The Morgan fingerprint density at radius 3 is 2.56 bits per heavy atom. The number of aromatic nitrogens is 1. The van der Waals surface area contributed by atoms with Crippen molar-refractivity contribution in [3.63, 3.8) is 0 Å². The maximum Gasteiger partial charge on any atom is 0.270 e. The third kappa shape index (κ3) is 5.14. The first kappa shape index (κ1) is 22.0. The third-order valence-electron chi connectivity index (χ3n) is 3.65. The molecule has 0 radical (unpaired) electrons. The molecule has 0 atom stereocenters. The fourth-order valence-corrected chi connectivity index (χ4v) is 4.47. The number of nitrogens with zero attached hydrogens (tertiary/aromatic N) is 3. The average Bonchev–Trinajstić information content (AvgIpc) is 3.17. The van der Waals surface area contributed by atoms with Crippen molar-refractivity contribution < 1.29 is 13.6 Å². The van der Waals surface area contributed by atoms with E-state index in [4.69, 9.17) is 11.6 Å². The molecule has 0 bridgehead atoms. The van der Waals surface area contributed by atoms with Crippen LogP contribution in [0.4, 0.5) is 13.9 Å². The Hall–Kier alpha value is -1.32. The van der Waals surface area contributed by atoms with Crippen LogP contribution >= 0.6 is 46.7 Å². The van der Waals surface area contributed by atoms with E-state index in [1.54, 1.807) is 12.1 Å². The van der Waals surface area contributed by atoms with E-state index in [-0.39, 0.29) is 23.8 Å². The molecule has 0 saturated carbocycles. The minimum Gasteiger partial charge on any atom is -0.309 e. The molecule has 1 aromatic carbocycles. The molecule has 27 heavy (non-hydrogen) atoms. The molecule has 4 nitrogen and oxygen atoms in total. The van der Waals surface area contributed by atoms with Crippen molar-refractivity contribution in [2.24, 2.45) is 0 Å². The van der Waals surface area contributed by atoms with Crippen molar-refractivity contribution in [2.75, 3.05) is 32.1 Å². The Kier molecular flexibility index (Phi) is 7.53. The number of fused-ring (bicyclic) bond motifs is 1. The molecule has 0 aliphatic carbocycles. The summed E-state index contributed by atoms with van der Waals surface area (Å²) in [5, 5.41) is 0.345. The van der Waals surface area contributed by atoms with Gasteiger partial charge in [0.1, 0.15) is 11.3 Å². The number of thiazole rings is 1. The van der Waals surface area contributed by atoms with Crippen LogP contribution in [-0.2, 0) is 0 Å². The normalized spacial score (nSPS) is 11.0. The largest absolute Gasteiger partial charge is 0.309 e. The van der Waals surface area contributed by atoms with E-state index in [1.807, 2.05) is 19.0 Å². The lowest BCUT2D eigenvalue weighted by atomic mass is 10.3. The van der Waals surface area contributed by atoms with Gasteiger partial charge in [0.25, 0.3) is 5.91 Å². The molecule has 3 aromatic rings. The Balaban J connectivity index is 0.00000261. The number of anilines is 1. The highest BCUT2D eigenvalue weighted by molar-refractivity contribution is 7.22. The number of benzene rings is 1. The van der Waals surface area contributed by atoms with Gasteiger partial charge in [-0.25, -0.2) is 13.8 Å². The maximum atomic E-state index is 14.0. The van der Waals surface area contributed by atoms with Crippen LogP contribution in [-0.4, -0.2) is 43.0 Å². The van der Waals surface area contributed by atoms with Crippen LogP contribution in [0, 0.1) is 11.6 Å². The zero-order valence-corrected chi connectivity index (χ0v) is 17.7. The number of carbonyl (C=O) groups is 1. The molecule has 0 aliphatic heterocycles. The lowest BCUT2D eigenvalue weighted by Crippen LogP contribution is -2.32. The molecule has 146 valence electrons. The number of carbonyl (C=O) groups excluding carboxylic acids is 1. The minimum atomic E-state index is -0.734. The fourth-order valence-electron chi connectivity index (χ4n) is 2.45. The van der Waals surface area contributed by atoms with Crippen LogP contribution in [0.1, 0.15) is 16.1 Å². The SMILES string of the molecule is CN(C)CCCN(C(=O)c1ccc(Cl)s1)c1nc2c(F)cc(F)cc2s1.Cl. The van der Waals surface area contributed by atoms with E-state index in [0.717, 1.165) is 23.9 Å². The Labute approximate surface area is 174 Å². The van der Waals surface area contributed by atoms with Crippen LogP contribution in [0.25, 0.3) is 10.2 Å². The van der Waals surface area contributed by atoms with Crippen LogP contribution in [0.15, 0.2) is 24.3 Å². The first-order valence-corrected chi connectivity index (χ1v) is 9.84. The molecule has 0 fully saturated rings. The number of amides is 1. The van der Waals surface area contributed by atoms with Crippen molar-refractivity contribution in [3.05, 3.63) is 45.1 Å². The molecule has 0 N–H and O–H groups in total. The monoisotopic (exact) mass is 451 g/mol. The van der Waals surface area contributed by atoms with Gasteiger partial charge in [-0.05, 0) is 45.3 Å². The molecule has 0 aliphatic rings. The molecule has 0 spiro atoms. The summed E-state index contributed by atoms with van der Waals surface area (Å²) in [6.45, 7) is 1.19. The van der Waals surface area contributed by atoms with Gasteiger partial charge < -0.3 is 4.90 Å². The summed E-state index contributed by atoms with van der Waals surface area (Å²) in [6, 6.07) is 5.33. The smallest absolute Gasteiger partial charge is 0.270 e. The zero-order valence-electron chi connectivity index (χ0n) is 14.5. The van der Waals surface area contributed by atoms with Gasteiger partial charge in [0, 0.05) is 12.6 Å². The zero-order chi connectivity index (χ0) is 18.8. The van der Waals surface area contributed by atoms with Gasteiger partial charge in [-0.1, -0.05) is 22.9 Å². The van der Waals surface area contributed by atoms with Gasteiger partial charge in [0.05, 0.1) is 13.9 Å². The number of thiophene rings is 1.